The van der Waals surface area contributed by atoms with Gasteiger partial charge in [0.1, 0.15) is 0 Å². The molecular weight excluding hydrogens is 188 g/mol. The molecule has 0 aromatic carbocycles. The molecule has 3 heteroatoms. The summed E-state index contributed by atoms with van der Waals surface area (Å²) >= 11 is 0. The van der Waals surface area contributed by atoms with E-state index in [1.165, 1.54) is 0 Å². The molecule has 1 atom stereocenters. The van der Waals surface area contributed by atoms with Gasteiger partial charge in [-0.1, -0.05) is 13.0 Å². The predicted octanol–water partition coefficient (Wildman–Crippen LogP) is 1.37. The van der Waals surface area contributed by atoms with Gasteiger partial charge in [-0.05, 0) is 31.5 Å². The summed E-state index contributed by atoms with van der Waals surface area (Å²) in [6.07, 6.45) is 5.27. The summed E-state index contributed by atoms with van der Waals surface area (Å²) in [4.78, 5) is 4.03. The summed E-state index contributed by atoms with van der Waals surface area (Å²) in [5.74, 6) is 0. The van der Waals surface area contributed by atoms with Crippen LogP contribution in [-0.2, 0) is 6.42 Å². The fourth-order valence-corrected chi connectivity index (χ4v) is 1.54. The van der Waals surface area contributed by atoms with Gasteiger partial charge in [0.05, 0.1) is 5.60 Å². The van der Waals surface area contributed by atoms with E-state index in [1.54, 1.807) is 12.4 Å². The van der Waals surface area contributed by atoms with Gasteiger partial charge in [0, 0.05) is 25.4 Å². The lowest BCUT2D eigenvalue weighted by atomic mass is 9.97. The third kappa shape index (κ3) is 4.91. The minimum atomic E-state index is -0.696. The molecule has 1 aromatic heterocycles. The van der Waals surface area contributed by atoms with E-state index in [0.29, 0.717) is 13.0 Å². The van der Waals surface area contributed by atoms with E-state index in [1.807, 2.05) is 19.1 Å². The minimum absolute atomic E-state index is 0.621. The summed E-state index contributed by atoms with van der Waals surface area (Å²) in [7, 11) is 0. The molecule has 2 N–H and O–H groups in total. The highest BCUT2D eigenvalue weighted by Crippen LogP contribution is 2.10. The van der Waals surface area contributed by atoms with Crippen LogP contribution in [0.25, 0.3) is 0 Å². The van der Waals surface area contributed by atoms with Crippen molar-refractivity contribution in [2.24, 2.45) is 0 Å². The smallest absolute Gasteiger partial charge is 0.0784 e. The van der Waals surface area contributed by atoms with Crippen LogP contribution in [0.2, 0.25) is 0 Å². The van der Waals surface area contributed by atoms with Gasteiger partial charge in [0.2, 0.25) is 0 Å². The molecule has 1 aromatic rings. The maximum absolute atomic E-state index is 10.1. The predicted molar refractivity (Wildman–Crippen MR) is 61.7 cm³/mol. The first-order chi connectivity index (χ1) is 7.14. The zero-order chi connectivity index (χ0) is 11.1. The number of aliphatic hydroxyl groups is 1. The molecular formula is C12H20N2O. The maximum Gasteiger partial charge on any atom is 0.0784 e. The molecule has 1 heterocycles. The molecule has 0 aliphatic carbocycles. The first-order valence-corrected chi connectivity index (χ1v) is 5.46. The Balaban J connectivity index is 2.42. The second kappa shape index (κ2) is 5.83. The van der Waals surface area contributed by atoms with Crippen molar-refractivity contribution in [2.45, 2.75) is 32.3 Å². The van der Waals surface area contributed by atoms with Crippen molar-refractivity contribution in [3.63, 3.8) is 0 Å². The monoisotopic (exact) mass is 208 g/mol. The third-order valence-corrected chi connectivity index (χ3v) is 2.24. The molecule has 0 aliphatic rings. The summed E-state index contributed by atoms with van der Waals surface area (Å²) in [6.45, 7) is 5.53. The van der Waals surface area contributed by atoms with Crippen molar-refractivity contribution in [1.82, 2.24) is 10.3 Å². The number of nitrogens with zero attached hydrogens (tertiary/aromatic N) is 1. The molecule has 3 nitrogen and oxygen atoms in total. The number of hydrogen-bond donors (Lipinski definition) is 2. The van der Waals surface area contributed by atoms with Crippen LogP contribution >= 0.6 is 0 Å². The number of aromatic nitrogens is 1. The first-order valence-electron chi connectivity index (χ1n) is 5.46. The highest BCUT2D eigenvalue weighted by atomic mass is 16.3. The summed E-state index contributed by atoms with van der Waals surface area (Å²) in [5.41, 5.74) is 0.374. The van der Waals surface area contributed by atoms with E-state index in [0.717, 1.165) is 18.5 Å². The Morgan fingerprint density at radius 1 is 1.53 bits per heavy atom. The van der Waals surface area contributed by atoms with E-state index in [9.17, 15) is 5.11 Å². The fraction of sp³-hybridized carbons (Fsp3) is 0.583. The van der Waals surface area contributed by atoms with Crippen molar-refractivity contribution in [3.8, 4) is 0 Å². The van der Waals surface area contributed by atoms with Crippen LogP contribution < -0.4 is 5.32 Å². The third-order valence-electron chi connectivity index (χ3n) is 2.24. The summed E-state index contributed by atoms with van der Waals surface area (Å²) in [5, 5.41) is 13.3. The van der Waals surface area contributed by atoms with E-state index in [-0.39, 0.29) is 0 Å². The quantitative estimate of drug-likeness (QED) is 0.694. The average Bonchev–Trinajstić information content (AvgIpc) is 2.18. The summed E-state index contributed by atoms with van der Waals surface area (Å²) < 4.78 is 0. The Bertz CT molecular complexity index is 272. The molecule has 0 aliphatic heterocycles. The van der Waals surface area contributed by atoms with Crippen molar-refractivity contribution in [1.29, 1.82) is 0 Å². The van der Waals surface area contributed by atoms with Crippen LogP contribution in [0.3, 0.4) is 0 Å². The van der Waals surface area contributed by atoms with Gasteiger partial charge in [0.25, 0.3) is 0 Å². The van der Waals surface area contributed by atoms with E-state index < -0.39 is 5.60 Å². The molecule has 0 saturated heterocycles. The Kier molecular flexibility index (Phi) is 4.72. The zero-order valence-electron chi connectivity index (χ0n) is 9.53. The molecule has 1 unspecified atom stereocenters. The van der Waals surface area contributed by atoms with Crippen LogP contribution in [0.1, 0.15) is 25.8 Å². The van der Waals surface area contributed by atoms with Gasteiger partial charge in [0.15, 0.2) is 0 Å². The molecule has 15 heavy (non-hydrogen) atoms. The van der Waals surface area contributed by atoms with Gasteiger partial charge < -0.3 is 10.4 Å². The van der Waals surface area contributed by atoms with Gasteiger partial charge in [-0.15, -0.1) is 0 Å². The highest BCUT2D eigenvalue weighted by molar-refractivity contribution is 5.11. The van der Waals surface area contributed by atoms with Crippen LogP contribution in [0.4, 0.5) is 0 Å². The number of rotatable bonds is 6. The largest absolute Gasteiger partial charge is 0.389 e. The SMILES string of the molecule is CCCNCC(C)(O)Cc1cccnc1. The van der Waals surface area contributed by atoms with E-state index in [2.05, 4.69) is 17.2 Å². The maximum atomic E-state index is 10.1. The van der Waals surface area contributed by atoms with E-state index >= 15 is 0 Å². The van der Waals surface area contributed by atoms with Crippen molar-refractivity contribution in [2.75, 3.05) is 13.1 Å². The lowest BCUT2D eigenvalue weighted by Crippen LogP contribution is -2.40. The lowest BCUT2D eigenvalue weighted by molar-refractivity contribution is 0.0603. The van der Waals surface area contributed by atoms with Crippen molar-refractivity contribution in [3.05, 3.63) is 30.1 Å². The number of nitrogens with one attached hydrogen (secondary N) is 1. The van der Waals surface area contributed by atoms with Gasteiger partial charge in [-0.25, -0.2) is 0 Å². The van der Waals surface area contributed by atoms with Gasteiger partial charge in [-0.2, -0.15) is 0 Å². The second-order valence-electron chi connectivity index (χ2n) is 4.21. The average molecular weight is 208 g/mol. The molecule has 0 spiro atoms. The normalized spacial score (nSPS) is 14.9. The standard InChI is InChI=1S/C12H20N2O/c1-3-6-14-10-12(2,15)8-11-5-4-7-13-9-11/h4-5,7,9,14-15H,3,6,8,10H2,1-2H3. The topological polar surface area (TPSA) is 45.1 Å². The van der Waals surface area contributed by atoms with Gasteiger partial charge in [-0.3, -0.25) is 4.98 Å². The highest BCUT2D eigenvalue weighted by Gasteiger charge is 2.20. The number of pyridine rings is 1. The number of hydrogen-bond acceptors (Lipinski definition) is 3. The van der Waals surface area contributed by atoms with Crippen LogP contribution in [0.15, 0.2) is 24.5 Å². The Hall–Kier alpha value is -0.930. The van der Waals surface area contributed by atoms with Crippen molar-refractivity contribution < 1.29 is 5.11 Å². The Labute approximate surface area is 91.5 Å². The van der Waals surface area contributed by atoms with Gasteiger partial charge >= 0.3 is 0 Å². The van der Waals surface area contributed by atoms with Crippen LogP contribution in [0, 0.1) is 0 Å². The zero-order valence-corrected chi connectivity index (χ0v) is 9.53. The van der Waals surface area contributed by atoms with Crippen molar-refractivity contribution >= 4 is 0 Å². The molecule has 84 valence electrons. The summed E-state index contributed by atoms with van der Waals surface area (Å²) in [6, 6.07) is 3.88. The molecule has 0 bridgehead atoms. The minimum Gasteiger partial charge on any atom is -0.389 e. The van der Waals surface area contributed by atoms with Crippen LogP contribution in [-0.4, -0.2) is 28.8 Å². The second-order valence-corrected chi connectivity index (χ2v) is 4.21. The first kappa shape index (κ1) is 12.1. The molecule has 1 rings (SSSR count). The lowest BCUT2D eigenvalue weighted by Gasteiger charge is -2.23. The Morgan fingerprint density at radius 3 is 2.93 bits per heavy atom. The van der Waals surface area contributed by atoms with E-state index in [4.69, 9.17) is 0 Å². The molecule has 0 amide bonds. The molecule has 0 saturated carbocycles. The molecule has 0 radical (unpaired) electrons. The molecule has 0 fully saturated rings. The fourth-order valence-electron chi connectivity index (χ4n) is 1.54. The Morgan fingerprint density at radius 2 is 2.33 bits per heavy atom. The van der Waals surface area contributed by atoms with Crippen LogP contribution in [0.5, 0.6) is 0 Å².